The average Bonchev–Trinajstić information content (AvgIpc) is 2.49. The van der Waals surface area contributed by atoms with E-state index < -0.39 is 4.92 Å². The van der Waals surface area contributed by atoms with Gasteiger partial charge in [-0.15, -0.1) is 12.4 Å². The Kier molecular flexibility index (Phi) is 7.24. The molecule has 128 valence electrons. The molecule has 7 nitrogen and oxygen atoms in total. The zero-order chi connectivity index (χ0) is 16.3. The van der Waals surface area contributed by atoms with Crippen molar-refractivity contribution in [1.82, 2.24) is 5.32 Å². The van der Waals surface area contributed by atoms with Crippen LogP contribution in [0.4, 0.5) is 11.4 Å². The number of halogens is 2. The van der Waals surface area contributed by atoms with Crippen LogP contribution >= 0.6 is 28.3 Å². The molecule has 0 saturated heterocycles. The number of rotatable bonds is 4. The summed E-state index contributed by atoms with van der Waals surface area (Å²) in [6.45, 7) is 0. The first-order valence-corrected chi connectivity index (χ1v) is 7.95. The fourth-order valence-corrected chi connectivity index (χ4v) is 3.17. The number of carbonyl (C=O) groups is 1. The van der Waals surface area contributed by atoms with E-state index in [9.17, 15) is 14.9 Å². The second-order valence-electron chi connectivity index (χ2n) is 5.38. The number of nitrogens with zero attached hydrogens (tertiary/aromatic N) is 1. The molecule has 1 aliphatic rings. The third kappa shape index (κ3) is 4.55. The van der Waals surface area contributed by atoms with Gasteiger partial charge in [0.1, 0.15) is 5.69 Å². The number of nitro benzene ring substituents is 1. The van der Waals surface area contributed by atoms with Crippen LogP contribution in [0.3, 0.4) is 0 Å². The van der Waals surface area contributed by atoms with Crippen LogP contribution in [0.5, 0.6) is 0 Å². The van der Waals surface area contributed by atoms with Gasteiger partial charge >= 0.3 is 0 Å². The smallest absolute Gasteiger partial charge is 0.294 e. The maximum atomic E-state index is 12.1. The summed E-state index contributed by atoms with van der Waals surface area (Å²) in [5.74, 6) is -0.378. The number of anilines is 1. The second-order valence-corrected chi connectivity index (χ2v) is 6.30. The molecule has 1 saturated carbocycles. The first kappa shape index (κ1) is 19.7. The van der Waals surface area contributed by atoms with Crippen LogP contribution in [0, 0.1) is 10.1 Å². The Hall–Kier alpha value is -1.38. The van der Waals surface area contributed by atoms with Crippen LogP contribution in [0.2, 0.25) is 0 Å². The van der Waals surface area contributed by atoms with Crippen molar-refractivity contribution in [3.63, 3.8) is 0 Å². The molecule has 1 aliphatic carbocycles. The Bertz CT molecular complexity index is 600. The van der Waals surface area contributed by atoms with E-state index in [0.29, 0.717) is 4.47 Å². The van der Waals surface area contributed by atoms with Crippen LogP contribution in [-0.4, -0.2) is 30.0 Å². The first-order chi connectivity index (χ1) is 10.4. The van der Waals surface area contributed by atoms with E-state index in [1.165, 1.54) is 13.1 Å². The lowest BCUT2D eigenvalue weighted by Gasteiger charge is -2.30. The van der Waals surface area contributed by atoms with Crippen molar-refractivity contribution in [2.45, 2.75) is 37.8 Å². The zero-order valence-corrected chi connectivity index (χ0v) is 15.1. The molecule has 0 aromatic heterocycles. The predicted molar refractivity (Wildman–Crippen MR) is 95.3 cm³/mol. The number of amides is 1. The van der Waals surface area contributed by atoms with Gasteiger partial charge in [-0.2, -0.15) is 0 Å². The molecule has 0 radical (unpaired) electrons. The maximum absolute atomic E-state index is 12.1. The van der Waals surface area contributed by atoms with E-state index in [-0.39, 0.29) is 47.3 Å². The topological polar surface area (TPSA) is 110 Å². The summed E-state index contributed by atoms with van der Waals surface area (Å²) in [5, 5.41) is 17.0. The standard InChI is InChI=1S/C14H19BrN4O3.ClH/c1-17-14(20)9-6-8(15)7-12(19(21)22)13(9)18-11-5-3-2-4-10(11)16;/h6-7,10-11,18H,2-5,16H2,1H3,(H,17,20);1H. The summed E-state index contributed by atoms with van der Waals surface area (Å²) in [7, 11) is 1.49. The molecule has 2 unspecified atom stereocenters. The molecule has 2 atom stereocenters. The van der Waals surface area contributed by atoms with E-state index in [1.54, 1.807) is 6.07 Å². The van der Waals surface area contributed by atoms with E-state index in [4.69, 9.17) is 5.73 Å². The minimum absolute atomic E-state index is 0. The summed E-state index contributed by atoms with van der Waals surface area (Å²) in [5.41, 5.74) is 6.43. The Morgan fingerprint density at radius 2 is 2.04 bits per heavy atom. The van der Waals surface area contributed by atoms with Gasteiger partial charge in [0.05, 0.1) is 10.5 Å². The first-order valence-electron chi connectivity index (χ1n) is 7.16. The van der Waals surface area contributed by atoms with Gasteiger partial charge in [-0.25, -0.2) is 0 Å². The number of nitrogens with two attached hydrogens (primary N) is 1. The number of carbonyl (C=O) groups excluding carboxylic acids is 1. The molecule has 0 aliphatic heterocycles. The van der Waals surface area contributed by atoms with E-state index in [2.05, 4.69) is 26.6 Å². The largest absolute Gasteiger partial charge is 0.375 e. The van der Waals surface area contributed by atoms with Gasteiger partial charge in [-0.05, 0) is 18.9 Å². The molecule has 4 N–H and O–H groups in total. The lowest BCUT2D eigenvalue weighted by Crippen LogP contribution is -2.43. The van der Waals surface area contributed by atoms with Gasteiger partial charge in [-0.1, -0.05) is 28.8 Å². The molecule has 1 aromatic rings. The van der Waals surface area contributed by atoms with E-state index in [1.807, 2.05) is 0 Å². The van der Waals surface area contributed by atoms with Crippen LogP contribution < -0.4 is 16.4 Å². The normalized spacial score (nSPS) is 20.3. The molecular weight excluding hydrogens is 388 g/mol. The Morgan fingerprint density at radius 3 is 2.61 bits per heavy atom. The third-order valence-corrected chi connectivity index (χ3v) is 4.36. The number of nitrogens with one attached hydrogen (secondary N) is 2. The van der Waals surface area contributed by atoms with E-state index in [0.717, 1.165) is 25.7 Å². The summed E-state index contributed by atoms with van der Waals surface area (Å²) in [4.78, 5) is 22.9. The molecule has 0 heterocycles. The van der Waals surface area contributed by atoms with Crippen LogP contribution in [0.25, 0.3) is 0 Å². The quantitative estimate of drug-likeness (QED) is 0.525. The molecule has 1 amide bonds. The Balaban J connectivity index is 0.00000264. The lowest BCUT2D eigenvalue weighted by atomic mass is 9.90. The second kappa shape index (κ2) is 8.47. The van der Waals surface area contributed by atoms with Gasteiger partial charge < -0.3 is 16.4 Å². The highest BCUT2D eigenvalue weighted by molar-refractivity contribution is 9.10. The fraction of sp³-hybridized carbons (Fsp3) is 0.500. The van der Waals surface area contributed by atoms with E-state index >= 15 is 0 Å². The van der Waals surface area contributed by atoms with Crippen molar-refractivity contribution in [3.8, 4) is 0 Å². The SMILES string of the molecule is CNC(=O)c1cc(Br)cc([N+](=O)[O-])c1NC1CCCCC1N.Cl. The lowest BCUT2D eigenvalue weighted by molar-refractivity contribution is -0.384. The van der Waals surface area contributed by atoms with Crippen LogP contribution in [0.1, 0.15) is 36.0 Å². The van der Waals surface area contributed by atoms with Crippen molar-refractivity contribution in [3.05, 3.63) is 32.3 Å². The van der Waals surface area contributed by atoms with Crippen molar-refractivity contribution >= 4 is 45.6 Å². The predicted octanol–water partition coefficient (Wildman–Crippen LogP) is 2.82. The molecule has 0 bridgehead atoms. The highest BCUT2D eigenvalue weighted by Gasteiger charge is 2.28. The number of benzene rings is 1. The molecule has 0 spiro atoms. The van der Waals surface area contributed by atoms with Gasteiger partial charge in [0.25, 0.3) is 11.6 Å². The molecule has 23 heavy (non-hydrogen) atoms. The van der Waals surface area contributed by atoms with Gasteiger partial charge in [-0.3, -0.25) is 14.9 Å². The Labute approximate surface area is 149 Å². The minimum atomic E-state index is -0.492. The van der Waals surface area contributed by atoms with Crippen LogP contribution in [0.15, 0.2) is 16.6 Å². The van der Waals surface area contributed by atoms with Crippen molar-refractivity contribution < 1.29 is 9.72 Å². The van der Waals surface area contributed by atoms with Crippen molar-refractivity contribution in [2.24, 2.45) is 5.73 Å². The highest BCUT2D eigenvalue weighted by atomic mass is 79.9. The minimum Gasteiger partial charge on any atom is -0.375 e. The zero-order valence-electron chi connectivity index (χ0n) is 12.7. The third-order valence-electron chi connectivity index (χ3n) is 3.90. The molecular formula is C14H20BrClN4O3. The summed E-state index contributed by atoms with van der Waals surface area (Å²) < 4.78 is 0.483. The summed E-state index contributed by atoms with van der Waals surface area (Å²) >= 11 is 3.21. The monoisotopic (exact) mass is 406 g/mol. The fourth-order valence-electron chi connectivity index (χ4n) is 2.73. The van der Waals surface area contributed by atoms with Gasteiger partial charge in [0.15, 0.2) is 0 Å². The number of hydrogen-bond acceptors (Lipinski definition) is 5. The Morgan fingerprint density at radius 1 is 1.39 bits per heavy atom. The molecule has 1 fully saturated rings. The molecule has 9 heteroatoms. The van der Waals surface area contributed by atoms with Crippen molar-refractivity contribution in [2.75, 3.05) is 12.4 Å². The van der Waals surface area contributed by atoms with Gasteiger partial charge in [0.2, 0.25) is 0 Å². The number of hydrogen-bond donors (Lipinski definition) is 3. The number of nitro groups is 1. The highest BCUT2D eigenvalue weighted by Crippen LogP contribution is 2.34. The van der Waals surface area contributed by atoms with Crippen molar-refractivity contribution in [1.29, 1.82) is 0 Å². The summed E-state index contributed by atoms with van der Waals surface area (Å²) in [6, 6.07) is 2.82. The summed E-state index contributed by atoms with van der Waals surface area (Å²) in [6.07, 6.45) is 3.79. The maximum Gasteiger partial charge on any atom is 0.294 e. The van der Waals surface area contributed by atoms with Crippen LogP contribution in [-0.2, 0) is 0 Å². The molecule has 2 rings (SSSR count). The van der Waals surface area contributed by atoms with Gasteiger partial charge in [0, 0.05) is 29.7 Å². The molecule has 1 aromatic carbocycles. The average molecular weight is 408 g/mol.